The van der Waals surface area contributed by atoms with Crippen LogP contribution in [0, 0.1) is 0 Å². The van der Waals surface area contributed by atoms with Crippen molar-refractivity contribution in [1.82, 2.24) is 15.1 Å². The summed E-state index contributed by atoms with van der Waals surface area (Å²) < 4.78 is 10.8. The predicted molar refractivity (Wildman–Crippen MR) is 107 cm³/mol. The molecular formula is C20H34N4O2. The number of hydrogen-bond donors (Lipinski definition) is 1. The fraction of sp³-hybridized carbons (Fsp3) is 0.650. The number of nitrogens with one attached hydrogen (secondary N) is 1. The number of likely N-dealkylation sites (tertiary alicyclic amines) is 1. The smallest absolute Gasteiger partial charge is 0.193 e. The van der Waals surface area contributed by atoms with E-state index in [1.165, 1.54) is 38.8 Å². The van der Waals surface area contributed by atoms with Gasteiger partial charge in [-0.25, -0.2) is 0 Å². The number of rotatable bonds is 7. The van der Waals surface area contributed by atoms with Crippen LogP contribution in [-0.2, 0) is 6.54 Å². The minimum atomic E-state index is 0.719. The second-order valence-electron chi connectivity index (χ2n) is 6.76. The van der Waals surface area contributed by atoms with Crippen molar-refractivity contribution < 1.29 is 9.47 Å². The Morgan fingerprint density at radius 3 is 2.50 bits per heavy atom. The quantitative estimate of drug-likeness (QED) is 0.597. The molecule has 0 saturated carbocycles. The topological polar surface area (TPSA) is 49.3 Å². The van der Waals surface area contributed by atoms with Crippen LogP contribution in [0.2, 0.25) is 0 Å². The number of ether oxygens (including phenoxy) is 2. The van der Waals surface area contributed by atoms with Gasteiger partial charge in [0.25, 0.3) is 0 Å². The summed E-state index contributed by atoms with van der Waals surface area (Å²) in [5, 5.41) is 3.49. The molecule has 1 aromatic rings. The van der Waals surface area contributed by atoms with Crippen molar-refractivity contribution in [2.24, 2.45) is 4.99 Å². The van der Waals surface area contributed by atoms with Crippen molar-refractivity contribution in [3.63, 3.8) is 0 Å². The molecule has 1 aromatic carbocycles. The summed E-state index contributed by atoms with van der Waals surface area (Å²) >= 11 is 0. The van der Waals surface area contributed by atoms with Gasteiger partial charge in [-0.2, -0.15) is 0 Å². The molecule has 26 heavy (non-hydrogen) atoms. The molecule has 6 heteroatoms. The van der Waals surface area contributed by atoms with Crippen LogP contribution in [0.4, 0.5) is 0 Å². The molecule has 0 bridgehead atoms. The lowest BCUT2D eigenvalue weighted by molar-refractivity contribution is 0.287. The second-order valence-corrected chi connectivity index (χ2v) is 6.76. The van der Waals surface area contributed by atoms with Crippen LogP contribution >= 0.6 is 0 Å². The molecule has 1 aliphatic rings. The van der Waals surface area contributed by atoms with Gasteiger partial charge in [0.15, 0.2) is 5.96 Å². The summed E-state index contributed by atoms with van der Waals surface area (Å²) in [6.45, 7) is 5.14. The van der Waals surface area contributed by atoms with Gasteiger partial charge in [0.1, 0.15) is 11.5 Å². The summed E-state index contributed by atoms with van der Waals surface area (Å²) in [5.74, 6) is 2.53. The van der Waals surface area contributed by atoms with Crippen LogP contribution in [0.5, 0.6) is 11.5 Å². The SMILES string of the molecule is CN=C(NCCN1CCCCCC1)N(C)Cc1ccc(OC)cc1OC. The van der Waals surface area contributed by atoms with E-state index in [-0.39, 0.29) is 0 Å². The molecule has 146 valence electrons. The van der Waals surface area contributed by atoms with Crippen molar-refractivity contribution in [1.29, 1.82) is 0 Å². The van der Waals surface area contributed by atoms with E-state index in [0.29, 0.717) is 0 Å². The molecular weight excluding hydrogens is 328 g/mol. The van der Waals surface area contributed by atoms with E-state index in [0.717, 1.165) is 42.7 Å². The zero-order chi connectivity index (χ0) is 18.8. The molecule has 0 radical (unpaired) electrons. The molecule has 6 nitrogen and oxygen atoms in total. The van der Waals surface area contributed by atoms with Gasteiger partial charge in [-0.05, 0) is 38.1 Å². The predicted octanol–water partition coefficient (Wildman–Crippen LogP) is 2.59. The molecule has 1 aliphatic heterocycles. The van der Waals surface area contributed by atoms with Gasteiger partial charge >= 0.3 is 0 Å². The average molecular weight is 363 g/mol. The first kappa shape index (κ1) is 20.4. The van der Waals surface area contributed by atoms with Crippen molar-refractivity contribution in [3.8, 4) is 11.5 Å². The lowest BCUT2D eigenvalue weighted by Gasteiger charge is -2.25. The minimum absolute atomic E-state index is 0.719. The Bertz CT molecular complexity index is 569. The maximum Gasteiger partial charge on any atom is 0.193 e. The van der Waals surface area contributed by atoms with Gasteiger partial charge in [0.05, 0.1) is 14.2 Å². The minimum Gasteiger partial charge on any atom is -0.497 e. The highest BCUT2D eigenvalue weighted by Gasteiger charge is 2.12. The van der Waals surface area contributed by atoms with Gasteiger partial charge in [0.2, 0.25) is 0 Å². The zero-order valence-electron chi connectivity index (χ0n) is 16.8. The summed E-state index contributed by atoms with van der Waals surface area (Å²) in [7, 11) is 7.23. The Morgan fingerprint density at radius 2 is 1.88 bits per heavy atom. The molecule has 1 heterocycles. The van der Waals surface area contributed by atoms with Crippen LogP contribution in [-0.4, -0.2) is 70.3 Å². The molecule has 0 aliphatic carbocycles. The lowest BCUT2D eigenvalue weighted by atomic mass is 10.2. The van der Waals surface area contributed by atoms with E-state index in [1.54, 1.807) is 14.2 Å². The van der Waals surface area contributed by atoms with E-state index in [4.69, 9.17) is 9.47 Å². The van der Waals surface area contributed by atoms with E-state index in [1.807, 2.05) is 32.3 Å². The number of guanidine groups is 1. The molecule has 0 amide bonds. The summed E-state index contributed by atoms with van der Waals surface area (Å²) in [6.07, 6.45) is 5.40. The van der Waals surface area contributed by atoms with Gasteiger partial charge in [-0.15, -0.1) is 0 Å². The summed E-state index contributed by atoms with van der Waals surface area (Å²) in [6, 6.07) is 5.92. The fourth-order valence-corrected chi connectivity index (χ4v) is 3.38. The third kappa shape index (κ3) is 6.09. The largest absolute Gasteiger partial charge is 0.497 e. The third-order valence-corrected chi connectivity index (χ3v) is 4.88. The molecule has 0 atom stereocenters. The fourth-order valence-electron chi connectivity index (χ4n) is 3.38. The molecule has 1 N–H and O–H groups in total. The van der Waals surface area contributed by atoms with Crippen molar-refractivity contribution >= 4 is 5.96 Å². The first-order valence-electron chi connectivity index (χ1n) is 9.53. The lowest BCUT2D eigenvalue weighted by Crippen LogP contribution is -2.42. The molecule has 1 fully saturated rings. The maximum absolute atomic E-state index is 5.50. The van der Waals surface area contributed by atoms with E-state index in [2.05, 4.69) is 20.1 Å². The number of methoxy groups -OCH3 is 2. The van der Waals surface area contributed by atoms with Crippen LogP contribution in [0.1, 0.15) is 31.2 Å². The molecule has 1 saturated heterocycles. The molecule has 0 aromatic heterocycles. The maximum atomic E-state index is 5.50. The second kappa shape index (κ2) is 10.9. The first-order valence-corrected chi connectivity index (χ1v) is 9.53. The van der Waals surface area contributed by atoms with Crippen molar-refractivity contribution in [2.45, 2.75) is 32.2 Å². The van der Waals surface area contributed by atoms with Gasteiger partial charge in [-0.1, -0.05) is 12.8 Å². The standard InChI is InChI=1S/C20H34N4O2/c1-21-20(22-11-14-24-12-7-5-6-8-13-24)23(2)16-17-9-10-18(25-3)15-19(17)26-4/h9-10,15H,5-8,11-14,16H2,1-4H3,(H,21,22). The van der Waals surface area contributed by atoms with Crippen molar-refractivity contribution in [3.05, 3.63) is 23.8 Å². The zero-order valence-corrected chi connectivity index (χ0v) is 16.8. The summed E-state index contributed by atoms with van der Waals surface area (Å²) in [5.41, 5.74) is 1.10. The summed E-state index contributed by atoms with van der Waals surface area (Å²) in [4.78, 5) is 9.10. The highest BCUT2D eigenvalue weighted by atomic mass is 16.5. The Hall–Kier alpha value is -1.95. The van der Waals surface area contributed by atoms with Crippen LogP contribution in [0.3, 0.4) is 0 Å². The van der Waals surface area contributed by atoms with Gasteiger partial charge < -0.3 is 24.6 Å². The van der Waals surface area contributed by atoms with Crippen LogP contribution in [0.25, 0.3) is 0 Å². The Balaban J connectivity index is 1.87. The highest BCUT2D eigenvalue weighted by Crippen LogP contribution is 2.25. The average Bonchev–Trinajstić information content (AvgIpc) is 2.94. The van der Waals surface area contributed by atoms with Crippen molar-refractivity contribution in [2.75, 3.05) is 54.5 Å². The van der Waals surface area contributed by atoms with Gasteiger partial charge in [-0.3, -0.25) is 4.99 Å². The Kier molecular flexibility index (Phi) is 8.54. The monoisotopic (exact) mass is 362 g/mol. The number of aliphatic imine (C=N–C) groups is 1. The number of nitrogens with zero attached hydrogens (tertiary/aromatic N) is 3. The van der Waals surface area contributed by atoms with E-state index >= 15 is 0 Å². The molecule has 0 unspecified atom stereocenters. The Morgan fingerprint density at radius 1 is 1.15 bits per heavy atom. The number of benzene rings is 1. The highest BCUT2D eigenvalue weighted by molar-refractivity contribution is 5.79. The molecule has 0 spiro atoms. The number of hydrogen-bond acceptors (Lipinski definition) is 4. The normalized spacial score (nSPS) is 16.1. The van der Waals surface area contributed by atoms with Crippen LogP contribution < -0.4 is 14.8 Å². The third-order valence-electron chi connectivity index (χ3n) is 4.88. The van der Waals surface area contributed by atoms with Crippen LogP contribution in [0.15, 0.2) is 23.2 Å². The molecule has 2 rings (SSSR count). The Labute approximate surface area is 158 Å². The van der Waals surface area contributed by atoms with E-state index in [9.17, 15) is 0 Å². The van der Waals surface area contributed by atoms with Gasteiger partial charge in [0, 0.05) is 45.4 Å². The van der Waals surface area contributed by atoms with E-state index < -0.39 is 0 Å². The first-order chi connectivity index (χ1) is 12.7.